The Morgan fingerprint density at radius 2 is 2.03 bits per heavy atom. The van der Waals surface area contributed by atoms with Gasteiger partial charge in [-0.25, -0.2) is 9.67 Å². The highest BCUT2D eigenvalue weighted by molar-refractivity contribution is 7.90. The van der Waals surface area contributed by atoms with Gasteiger partial charge in [-0.15, -0.1) is 4.40 Å². The molecule has 9 nitrogen and oxygen atoms in total. The summed E-state index contributed by atoms with van der Waals surface area (Å²) in [5, 5.41) is 7.09. The lowest BCUT2D eigenvalue weighted by atomic mass is 10.1. The van der Waals surface area contributed by atoms with Crippen LogP contribution in [0.3, 0.4) is 0 Å². The zero-order valence-electron chi connectivity index (χ0n) is 16.5. The first kappa shape index (κ1) is 19.4. The largest absolute Gasteiger partial charge is 0.350 e. The number of amides is 1. The van der Waals surface area contributed by atoms with E-state index >= 15 is 0 Å². The molecule has 10 heteroatoms. The van der Waals surface area contributed by atoms with Gasteiger partial charge in [0, 0.05) is 37.2 Å². The van der Waals surface area contributed by atoms with Gasteiger partial charge >= 0.3 is 0 Å². The second-order valence-electron chi connectivity index (χ2n) is 7.43. The average molecular weight is 436 g/mol. The first-order valence-electron chi connectivity index (χ1n) is 9.97. The molecule has 2 aliphatic heterocycles. The maximum Gasteiger partial charge on any atom is 0.285 e. The van der Waals surface area contributed by atoms with Crippen LogP contribution in [0.1, 0.15) is 24.0 Å². The minimum Gasteiger partial charge on any atom is -0.350 e. The molecule has 0 radical (unpaired) electrons. The molecule has 1 aromatic carbocycles. The van der Waals surface area contributed by atoms with Crippen LogP contribution in [-0.4, -0.2) is 52.4 Å². The van der Waals surface area contributed by atoms with Crippen molar-refractivity contribution in [3.8, 4) is 5.82 Å². The van der Waals surface area contributed by atoms with Crippen LogP contribution in [0.15, 0.2) is 70.3 Å². The van der Waals surface area contributed by atoms with E-state index in [2.05, 4.69) is 19.8 Å². The number of carbonyl (C=O) groups is 1. The van der Waals surface area contributed by atoms with Gasteiger partial charge in [0.2, 0.25) is 5.91 Å². The molecule has 1 atom stereocenters. The van der Waals surface area contributed by atoms with Crippen molar-refractivity contribution < 1.29 is 13.2 Å². The van der Waals surface area contributed by atoms with Gasteiger partial charge in [-0.1, -0.05) is 18.2 Å². The van der Waals surface area contributed by atoms with Crippen LogP contribution in [0.2, 0.25) is 0 Å². The number of pyridine rings is 1. The highest BCUT2D eigenvalue weighted by Crippen LogP contribution is 2.31. The van der Waals surface area contributed by atoms with E-state index in [-0.39, 0.29) is 10.8 Å². The lowest BCUT2D eigenvalue weighted by Gasteiger charge is -2.25. The van der Waals surface area contributed by atoms with Gasteiger partial charge in [-0.05, 0) is 42.7 Å². The van der Waals surface area contributed by atoms with E-state index in [1.54, 1.807) is 46.2 Å². The first-order valence-corrected chi connectivity index (χ1v) is 11.4. The molecule has 0 bridgehead atoms. The van der Waals surface area contributed by atoms with Crippen LogP contribution < -0.4 is 5.32 Å². The van der Waals surface area contributed by atoms with Crippen molar-refractivity contribution >= 4 is 21.8 Å². The molecule has 0 saturated carbocycles. The smallest absolute Gasteiger partial charge is 0.285 e. The lowest BCUT2D eigenvalue weighted by molar-refractivity contribution is -0.124. The molecule has 2 aromatic heterocycles. The Labute approximate surface area is 179 Å². The summed E-state index contributed by atoms with van der Waals surface area (Å²) in [4.78, 5) is 19.3. The third-order valence-corrected chi connectivity index (χ3v) is 6.78. The Hall–Kier alpha value is -3.53. The van der Waals surface area contributed by atoms with Gasteiger partial charge in [0.1, 0.15) is 10.9 Å². The molecule has 31 heavy (non-hydrogen) atoms. The van der Waals surface area contributed by atoms with Gasteiger partial charge in [0.25, 0.3) is 10.0 Å². The molecular weight excluding hydrogens is 416 g/mol. The molecule has 1 fully saturated rings. The number of rotatable bonds is 4. The van der Waals surface area contributed by atoms with E-state index in [1.165, 1.54) is 0 Å². The number of nitrogens with one attached hydrogen (secondary N) is 1. The number of carbonyl (C=O) groups excluding carboxylic acids is 1. The molecule has 4 heterocycles. The number of likely N-dealkylation sites (tertiary alicyclic amines) is 1. The van der Waals surface area contributed by atoms with Crippen LogP contribution in [0, 0.1) is 0 Å². The molecular formula is C21H20N6O3S. The molecule has 0 spiro atoms. The minimum absolute atomic E-state index is 0.155. The number of hydrogen-bond acceptors (Lipinski definition) is 6. The maximum absolute atomic E-state index is 12.9. The van der Waals surface area contributed by atoms with Crippen molar-refractivity contribution in [3.63, 3.8) is 0 Å². The second-order valence-corrected chi connectivity index (χ2v) is 9.00. The number of hydrogen-bond donors (Lipinski definition) is 1. The third kappa shape index (κ3) is 3.59. The molecule has 1 amide bonds. The number of fused-ring (bicyclic) bond motifs is 1. The average Bonchev–Trinajstić information content (AvgIpc) is 3.52. The van der Waals surface area contributed by atoms with Crippen LogP contribution in [0.25, 0.3) is 5.82 Å². The van der Waals surface area contributed by atoms with Crippen molar-refractivity contribution in [3.05, 3.63) is 72.2 Å². The van der Waals surface area contributed by atoms with Crippen LogP contribution >= 0.6 is 0 Å². The number of amidine groups is 1. The lowest BCUT2D eigenvalue weighted by Crippen LogP contribution is -2.45. The molecule has 5 rings (SSSR count). The third-order valence-electron chi connectivity index (χ3n) is 5.46. The van der Waals surface area contributed by atoms with E-state index in [0.29, 0.717) is 36.7 Å². The predicted molar refractivity (Wildman–Crippen MR) is 113 cm³/mol. The van der Waals surface area contributed by atoms with Crippen molar-refractivity contribution in [1.82, 2.24) is 25.0 Å². The topological polar surface area (TPSA) is 110 Å². The van der Waals surface area contributed by atoms with Crippen molar-refractivity contribution in [2.24, 2.45) is 4.40 Å². The maximum atomic E-state index is 12.9. The molecule has 3 aromatic rings. The van der Waals surface area contributed by atoms with Gasteiger partial charge in [-0.3, -0.25) is 4.79 Å². The summed E-state index contributed by atoms with van der Waals surface area (Å²) in [6.45, 7) is 0.915. The SMILES string of the molecule is O=C(NCc1ccc(-n2cccn2)nc1)[C@@H]1CCCN1C1=NS(=O)(=O)c2ccccc21. The van der Waals surface area contributed by atoms with Gasteiger partial charge in [0.15, 0.2) is 11.7 Å². The summed E-state index contributed by atoms with van der Waals surface area (Å²) >= 11 is 0. The van der Waals surface area contributed by atoms with Crippen LogP contribution in [-0.2, 0) is 21.4 Å². The number of sulfonamides is 1. The van der Waals surface area contributed by atoms with Crippen molar-refractivity contribution in [2.75, 3.05) is 6.54 Å². The Morgan fingerprint density at radius 3 is 2.81 bits per heavy atom. The van der Waals surface area contributed by atoms with E-state index in [9.17, 15) is 13.2 Å². The summed E-state index contributed by atoms with van der Waals surface area (Å²) in [6, 6.07) is 11.8. The Bertz CT molecular complexity index is 1250. The van der Waals surface area contributed by atoms with Crippen LogP contribution in [0.4, 0.5) is 0 Å². The van der Waals surface area contributed by atoms with E-state index in [0.717, 1.165) is 12.0 Å². The zero-order chi connectivity index (χ0) is 21.4. The molecule has 0 unspecified atom stereocenters. The quantitative estimate of drug-likeness (QED) is 0.664. The summed E-state index contributed by atoms with van der Waals surface area (Å²) in [6.07, 6.45) is 6.63. The summed E-state index contributed by atoms with van der Waals surface area (Å²) in [5.41, 5.74) is 1.42. The fourth-order valence-electron chi connectivity index (χ4n) is 3.96. The minimum atomic E-state index is -3.72. The van der Waals surface area contributed by atoms with E-state index in [4.69, 9.17) is 0 Å². The van der Waals surface area contributed by atoms with Gasteiger partial charge in [0.05, 0.1) is 0 Å². The molecule has 2 aliphatic rings. The van der Waals surface area contributed by atoms with Gasteiger partial charge < -0.3 is 10.2 Å². The fraction of sp³-hybridized carbons (Fsp3) is 0.238. The number of nitrogens with zero attached hydrogens (tertiary/aromatic N) is 5. The predicted octanol–water partition coefficient (Wildman–Crippen LogP) is 1.50. The summed E-state index contributed by atoms with van der Waals surface area (Å²) in [7, 11) is -3.72. The van der Waals surface area contributed by atoms with E-state index < -0.39 is 16.1 Å². The normalized spacial score (nSPS) is 19.2. The summed E-state index contributed by atoms with van der Waals surface area (Å²) in [5.74, 6) is 0.901. The Kier molecular flexibility index (Phi) is 4.78. The molecule has 0 aliphatic carbocycles. The summed E-state index contributed by atoms with van der Waals surface area (Å²) < 4.78 is 30.4. The standard InChI is InChI=1S/C21H20N6O3S/c28-21(23-14-15-8-9-19(22-13-15)27-12-4-10-24-27)17-6-3-11-26(17)20-16-5-1-2-7-18(16)31(29,30)25-20/h1-2,4-5,7-10,12-13,17H,3,6,11,14H2,(H,23,28)/t17-/m0/s1. The van der Waals surface area contributed by atoms with Gasteiger partial charge in [-0.2, -0.15) is 13.5 Å². The van der Waals surface area contributed by atoms with E-state index in [1.807, 2.05) is 24.4 Å². The molecule has 1 N–H and O–H groups in total. The van der Waals surface area contributed by atoms with Crippen LogP contribution in [0.5, 0.6) is 0 Å². The first-order chi connectivity index (χ1) is 15.0. The Morgan fingerprint density at radius 1 is 1.16 bits per heavy atom. The second kappa shape index (κ2) is 7.62. The zero-order valence-corrected chi connectivity index (χ0v) is 17.4. The number of aromatic nitrogens is 3. The molecule has 1 saturated heterocycles. The Balaban J connectivity index is 1.29. The number of benzene rings is 1. The fourth-order valence-corrected chi connectivity index (χ4v) is 5.17. The monoisotopic (exact) mass is 436 g/mol. The van der Waals surface area contributed by atoms with Crippen molar-refractivity contribution in [1.29, 1.82) is 0 Å². The molecule has 158 valence electrons. The van der Waals surface area contributed by atoms with Crippen molar-refractivity contribution in [2.45, 2.75) is 30.3 Å². The highest BCUT2D eigenvalue weighted by atomic mass is 32.2. The highest BCUT2D eigenvalue weighted by Gasteiger charge is 2.39.